The molecule has 20 heavy (non-hydrogen) atoms. The van der Waals surface area contributed by atoms with E-state index < -0.39 is 36.5 Å². The summed E-state index contributed by atoms with van der Waals surface area (Å²) in [5, 5.41) is 40.2. The van der Waals surface area contributed by atoms with E-state index in [1.165, 1.54) is 7.05 Å². The van der Waals surface area contributed by atoms with Crippen LogP contribution in [0.4, 0.5) is 0 Å². The zero-order valence-corrected chi connectivity index (χ0v) is 11.2. The van der Waals surface area contributed by atoms with E-state index in [2.05, 4.69) is 5.32 Å². The number of aliphatic hydroxyl groups excluding tert-OH is 3. The third-order valence-electron chi connectivity index (χ3n) is 3.38. The summed E-state index contributed by atoms with van der Waals surface area (Å²) < 4.78 is 5.12. The fourth-order valence-corrected chi connectivity index (χ4v) is 2.15. The van der Waals surface area contributed by atoms with Crippen LogP contribution in [0.2, 0.25) is 0 Å². The second-order valence-corrected chi connectivity index (χ2v) is 4.82. The van der Waals surface area contributed by atoms with Crippen molar-refractivity contribution < 1.29 is 34.8 Å². The summed E-state index contributed by atoms with van der Waals surface area (Å²) in [6, 6.07) is 0. The van der Waals surface area contributed by atoms with Crippen molar-refractivity contribution in [2.45, 2.75) is 56.2 Å². The number of rotatable bonds is 6. The summed E-state index contributed by atoms with van der Waals surface area (Å²) in [4.78, 5) is 21.9. The molecule has 8 heteroatoms. The molecule has 1 fully saturated rings. The molecule has 1 heterocycles. The number of carbonyl (C=O) groups is 2. The summed E-state index contributed by atoms with van der Waals surface area (Å²) >= 11 is 0. The van der Waals surface area contributed by atoms with E-state index in [-0.39, 0.29) is 5.91 Å². The van der Waals surface area contributed by atoms with Crippen molar-refractivity contribution in [2.24, 2.45) is 0 Å². The second-order valence-electron chi connectivity index (χ2n) is 4.82. The molecule has 1 rings (SSSR count). The number of ether oxygens (including phenoxy) is 1. The highest BCUT2D eigenvalue weighted by atomic mass is 16.6. The standard InChI is InChI=1S/C12H21NO7/c1-13-7(14)5-3-2-4-6-8(15)9(16)10(17)11(20-6)12(18)19/h6,8-11,15-17H,2-5H2,1H3,(H,13,14)(H,18,19). The first-order chi connectivity index (χ1) is 9.38. The molecule has 1 aliphatic rings. The van der Waals surface area contributed by atoms with Gasteiger partial charge in [-0.1, -0.05) is 6.42 Å². The summed E-state index contributed by atoms with van der Waals surface area (Å²) in [5.74, 6) is -1.49. The van der Waals surface area contributed by atoms with Crippen LogP contribution in [0.25, 0.3) is 0 Å². The molecular weight excluding hydrogens is 270 g/mol. The predicted molar refractivity (Wildman–Crippen MR) is 66.9 cm³/mol. The first kappa shape index (κ1) is 16.8. The number of hydrogen-bond donors (Lipinski definition) is 5. The van der Waals surface area contributed by atoms with Crippen LogP contribution in [0.1, 0.15) is 25.7 Å². The fourth-order valence-electron chi connectivity index (χ4n) is 2.15. The van der Waals surface area contributed by atoms with Gasteiger partial charge < -0.3 is 30.5 Å². The second kappa shape index (κ2) is 7.53. The largest absolute Gasteiger partial charge is 0.479 e. The zero-order valence-electron chi connectivity index (χ0n) is 11.2. The molecule has 0 aromatic heterocycles. The Labute approximate surface area is 116 Å². The molecule has 1 aliphatic heterocycles. The lowest BCUT2D eigenvalue weighted by molar-refractivity contribution is -0.228. The average Bonchev–Trinajstić information content (AvgIpc) is 2.42. The lowest BCUT2D eigenvalue weighted by Gasteiger charge is -2.39. The Morgan fingerprint density at radius 2 is 1.75 bits per heavy atom. The molecule has 116 valence electrons. The molecule has 5 N–H and O–H groups in total. The Hall–Kier alpha value is -1.22. The summed E-state index contributed by atoms with van der Waals surface area (Å²) in [7, 11) is 1.53. The summed E-state index contributed by atoms with van der Waals surface area (Å²) in [6.45, 7) is 0. The van der Waals surface area contributed by atoms with E-state index in [1.807, 2.05) is 0 Å². The number of carboxylic acids is 1. The molecule has 0 bridgehead atoms. The highest BCUT2D eigenvalue weighted by molar-refractivity contribution is 5.75. The van der Waals surface area contributed by atoms with E-state index in [0.717, 1.165) is 0 Å². The normalized spacial score (nSPS) is 33.7. The topological polar surface area (TPSA) is 136 Å². The van der Waals surface area contributed by atoms with E-state index in [1.54, 1.807) is 0 Å². The Morgan fingerprint density at radius 3 is 2.30 bits per heavy atom. The van der Waals surface area contributed by atoms with Crippen LogP contribution in [0, 0.1) is 0 Å². The van der Waals surface area contributed by atoms with E-state index in [9.17, 15) is 24.9 Å². The van der Waals surface area contributed by atoms with Crippen molar-refractivity contribution >= 4 is 11.9 Å². The SMILES string of the molecule is CNC(=O)CCCCC1OC(C(=O)O)C(O)C(O)C1O. The predicted octanol–water partition coefficient (Wildman–Crippen LogP) is -1.77. The Balaban J connectivity index is 2.47. The van der Waals surface area contributed by atoms with Crippen LogP contribution < -0.4 is 5.32 Å². The Kier molecular flexibility index (Phi) is 6.34. The van der Waals surface area contributed by atoms with Crippen LogP contribution in [0.3, 0.4) is 0 Å². The Bertz CT molecular complexity index is 349. The number of unbranched alkanes of at least 4 members (excludes halogenated alkanes) is 1. The first-order valence-corrected chi connectivity index (χ1v) is 6.51. The van der Waals surface area contributed by atoms with Gasteiger partial charge in [0.15, 0.2) is 6.10 Å². The molecule has 1 amide bonds. The van der Waals surface area contributed by atoms with Crippen molar-refractivity contribution in [1.29, 1.82) is 0 Å². The van der Waals surface area contributed by atoms with Gasteiger partial charge >= 0.3 is 5.97 Å². The minimum Gasteiger partial charge on any atom is -0.479 e. The van der Waals surface area contributed by atoms with Crippen LogP contribution in [0.15, 0.2) is 0 Å². The number of aliphatic hydroxyl groups is 3. The number of carbonyl (C=O) groups excluding carboxylic acids is 1. The molecule has 0 saturated carbocycles. The van der Waals surface area contributed by atoms with Gasteiger partial charge in [0.25, 0.3) is 0 Å². The van der Waals surface area contributed by atoms with Crippen LogP contribution >= 0.6 is 0 Å². The van der Waals surface area contributed by atoms with Crippen molar-refractivity contribution in [3.63, 3.8) is 0 Å². The number of aliphatic carboxylic acids is 1. The van der Waals surface area contributed by atoms with Crippen molar-refractivity contribution in [3.8, 4) is 0 Å². The molecule has 0 aromatic carbocycles. The van der Waals surface area contributed by atoms with Gasteiger partial charge in [-0.3, -0.25) is 4.79 Å². The van der Waals surface area contributed by atoms with E-state index in [4.69, 9.17) is 9.84 Å². The van der Waals surface area contributed by atoms with Gasteiger partial charge in [0.2, 0.25) is 5.91 Å². The van der Waals surface area contributed by atoms with Gasteiger partial charge in [-0.25, -0.2) is 4.79 Å². The molecule has 5 atom stereocenters. The highest BCUT2D eigenvalue weighted by Gasteiger charge is 2.46. The van der Waals surface area contributed by atoms with Crippen LogP contribution in [-0.2, 0) is 14.3 Å². The third kappa shape index (κ3) is 4.14. The average molecular weight is 291 g/mol. The molecule has 0 spiro atoms. The lowest BCUT2D eigenvalue weighted by atomic mass is 9.92. The van der Waals surface area contributed by atoms with E-state index >= 15 is 0 Å². The fraction of sp³-hybridized carbons (Fsp3) is 0.833. The maximum absolute atomic E-state index is 11.0. The molecule has 5 unspecified atom stereocenters. The first-order valence-electron chi connectivity index (χ1n) is 6.51. The van der Waals surface area contributed by atoms with Gasteiger partial charge in [-0.15, -0.1) is 0 Å². The number of carboxylic acid groups (broad SMARTS) is 1. The maximum atomic E-state index is 11.0. The zero-order chi connectivity index (χ0) is 15.3. The lowest BCUT2D eigenvalue weighted by Crippen LogP contribution is -2.59. The minimum absolute atomic E-state index is 0.103. The maximum Gasteiger partial charge on any atom is 0.335 e. The molecule has 1 saturated heterocycles. The number of nitrogens with one attached hydrogen (secondary N) is 1. The van der Waals surface area contributed by atoms with Crippen molar-refractivity contribution in [2.75, 3.05) is 7.05 Å². The van der Waals surface area contributed by atoms with Crippen LogP contribution in [0.5, 0.6) is 0 Å². The molecule has 0 radical (unpaired) electrons. The molecule has 8 nitrogen and oxygen atoms in total. The highest BCUT2D eigenvalue weighted by Crippen LogP contribution is 2.24. The van der Waals surface area contributed by atoms with Gasteiger partial charge in [0.05, 0.1) is 6.10 Å². The minimum atomic E-state index is -1.66. The summed E-state index contributed by atoms with van der Waals surface area (Å²) in [6.07, 6.45) is -5.29. The van der Waals surface area contributed by atoms with Gasteiger partial charge in [0.1, 0.15) is 18.3 Å². The van der Waals surface area contributed by atoms with Gasteiger partial charge in [0, 0.05) is 13.5 Å². The monoisotopic (exact) mass is 291 g/mol. The van der Waals surface area contributed by atoms with Gasteiger partial charge in [-0.2, -0.15) is 0 Å². The summed E-state index contributed by atoms with van der Waals surface area (Å²) in [5.41, 5.74) is 0. The van der Waals surface area contributed by atoms with Crippen LogP contribution in [-0.4, -0.2) is 69.9 Å². The van der Waals surface area contributed by atoms with Crippen molar-refractivity contribution in [3.05, 3.63) is 0 Å². The number of hydrogen-bond acceptors (Lipinski definition) is 6. The number of amides is 1. The van der Waals surface area contributed by atoms with Crippen molar-refractivity contribution in [1.82, 2.24) is 5.32 Å². The molecule has 0 aliphatic carbocycles. The van der Waals surface area contributed by atoms with Gasteiger partial charge in [-0.05, 0) is 12.8 Å². The van der Waals surface area contributed by atoms with E-state index in [0.29, 0.717) is 25.7 Å². The molecular formula is C12H21NO7. The quantitative estimate of drug-likeness (QED) is 0.365. The third-order valence-corrected chi connectivity index (χ3v) is 3.38. The Morgan fingerprint density at radius 1 is 1.10 bits per heavy atom. The smallest absolute Gasteiger partial charge is 0.335 e. The molecule has 0 aromatic rings.